The highest BCUT2D eigenvalue weighted by atomic mass is 35.5. The van der Waals surface area contributed by atoms with Gasteiger partial charge in [0, 0.05) is 10.4 Å². The van der Waals surface area contributed by atoms with Crippen LogP contribution in [0.3, 0.4) is 0 Å². The molecule has 17 heavy (non-hydrogen) atoms. The van der Waals surface area contributed by atoms with Crippen LogP contribution in [0.4, 0.5) is 0 Å². The zero-order chi connectivity index (χ0) is 11.7. The highest BCUT2D eigenvalue weighted by Crippen LogP contribution is 2.22. The summed E-state index contributed by atoms with van der Waals surface area (Å²) >= 11 is 5.84. The van der Waals surface area contributed by atoms with Crippen molar-refractivity contribution in [1.29, 1.82) is 0 Å². The van der Waals surface area contributed by atoms with Gasteiger partial charge in [0.05, 0.1) is 6.42 Å². The fourth-order valence-corrected chi connectivity index (χ4v) is 1.92. The van der Waals surface area contributed by atoms with E-state index in [2.05, 4.69) is 0 Å². The van der Waals surface area contributed by atoms with E-state index < -0.39 is 0 Å². The molecule has 0 saturated carbocycles. The summed E-state index contributed by atoms with van der Waals surface area (Å²) in [5.41, 5.74) is 1.99. The number of hydrogen-bond acceptors (Lipinski definition) is 1. The van der Waals surface area contributed by atoms with E-state index >= 15 is 0 Å². The van der Waals surface area contributed by atoms with Crippen molar-refractivity contribution in [3.05, 3.63) is 77.4 Å². The minimum atomic E-state index is 0.742. The standard InChI is InChI=1S/C15H10ClO/c16-13-7-5-11(6-8-13)9-14-10-12-3-1-2-4-15(12)17-14/h1-10H. The topological polar surface area (TPSA) is 13.1 Å². The van der Waals surface area contributed by atoms with Crippen LogP contribution in [0.2, 0.25) is 5.02 Å². The number of benzene rings is 2. The summed E-state index contributed by atoms with van der Waals surface area (Å²) in [5, 5.41) is 1.86. The van der Waals surface area contributed by atoms with Crippen LogP contribution in [-0.4, -0.2) is 0 Å². The molecule has 0 atom stereocenters. The first-order chi connectivity index (χ1) is 8.31. The third-order valence-electron chi connectivity index (χ3n) is 2.62. The molecule has 0 spiro atoms. The lowest BCUT2D eigenvalue weighted by atomic mass is 10.1. The van der Waals surface area contributed by atoms with Crippen LogP contribution >= 0.6 is 11.6 Å². The Balaban J connectivity index is 1.92. The first-order valence-electron chi connectivity index (χ1n) is 5.40. The molecule has 1 aromatic heterocycles. The highest BCUT2D eigenvalue weighted by molar-refractivity contribution is 6.30. The Morgan fingerprint density at radius 2 is 1.71 bits per heavy atom. The lowest BCUT2D eigenvalue weighted by Gasteiger charge is -1.97. The number of hydrogen-bond donors (Lipinski definition) is 0. The third-order valence-corrected chi connectivity index (χ3v) is 2.88. The summed E-state index contributed by atoms with van der Waals surface area (Å²) in [5.74, 6) is 0.855. The Morgan fingerprint density at radius 3 is 2.47 bits per heavy atom. The molecule has 1 nitrogen and oxygen atoms in total. The molecule has 3 rings (SSSR count). The Bertz CT molecular complexity index is 604. The fourth-order valence-electron chi connectivity index (χ4n) is 1.80. The molecule has 1 radical (unpaired) electrons. The van der Waals surface area contributed by atoms with Gasteiger partial charge >= 0.3 is 0 Å². The predicted molar refractivity (Wildman–Crippen MR) is 70.2 cm³/mol. The lowest BCUT2D eigenvalue weighted by molar-refractivity contribution is 0.588. The molecule has 0 fully saturated rings. The van der Waals surface area contributed by atoms with Crippen molar-refractivity contribution in [3.8, 4) is 0 Å². The molecule has 0 bridgehead atoms. The Morgan fingerprint density at radius 1 is 0.941 bits per heavy atom. The Labute approximate surface area is 105 Å². The van der Waals surface area contributed by atoms with Gasteiger partial charge in [-0.15, -0.1) is 0 Å². The normalized spacial score (nSPS) is 10.9. The molecule has 0 aliphatic heterocycles. The summed E-state index contributed by atoms with van der Waals surface area (Å²) in [7, 11) is 0. The highest BCUT2D eigenvalue weighted by Gasteiger charge is 2.04. The van der Waals surface area contributed by atoms with E-state index in [9.17, 15) is 0 Å². The van der Waals surface area contributed by atoms with Gasteiger partial charge in [-0.1, -0.05) is 41.9 Å². The number of fused-ring (bicyclic) bond motifs is 1. The van der Waals surface area contributed by atoms with Crippen LogP contribution < -0.4 is 0 Å². The van der Waals surface area contributed by atoms with Gasteiger partial charge in [0.25, 0.3) is 0 Å². The molecule has 0 N–H and O–H groups in total. The van der Waals surface area contributed by atoms with E-state index in [0.29, 0.717) is 0 Å². The maximum Gasteiger partial charge on any atom is 0.134 e. The molecule has 0 unspecified atom stereocenters. The summed E-state index contributed by atoms with van der Waals surface area (Å²) in [6, 6.07) is 17.7. The quantitative estimate of drug-likeness (QED) is 0.635. The molecule has 3 aromatic rings. The minimum Gasteiger partial charge on any atom is -0.460 e. The number of para-hydroxylation sites is 1. The van der Waals surface area contributed by atoms with Gasteiger partial charge in [-0.2, -0.15) is 0 Å². The van der Waals surface area contributed by atoms with Crippen molar-refractivity contribution in [2.45, 2.75) is 0 Å². The molecule has 0 saturated heterocycles. The first kappa shape index (κ1) is 10.4. The minimum absolute atomic E-state index is 0.742. The monoisotopic (exact) mass is 241 g/mol. The van der Waals surface area contributed by atoms with Gasteiger partial charge in [0.1, 0.15) is 11.3 Å². The van der Waals surface area contributed by atoms with Crippen LogP contribution in [0.25, 0.3) is 11.0 Å². The second-order valence-electron chi connectivity index (χ2n) is 3.88. The summed E-state index contributed by atoms with van der Waals surface area (Å²) < 4.78 is 5.71. The molecule has 1 heterocycles. The SMILES string of the molecule is Clc1ccc([CH]c2cc3ccccc3o2)cc1. The van der Waals surface area contributed by atoms with E-state index in [1.165, 1.54) is 0 Å². The Kier molecular flexibility index (Phi) is 2.62. The smallest absolute Gasteiger partial charge is 0.134 e. The van der Waals surface area contributed by atoms with E-state index in [1.807, 2.05) is 61.0 Å². The summed E-state index contributed by atoms with van der Waals surface area (Å²) in [6.07, 6.45) is 2.00. The molecular weight excluding hydrogens is 232 g/mol. The largest absolute Gasteiger partial charge is 0.460 e. The van der Waals surface area contributed by atoms with E-state index in [0.717, 1.165) is 27.3 Å². The van der Waals surface area contributed by atoms with E-state index in [1.54, 1.807) is 0 Å². The maximum atomic E-state index is 5.84. The van der Waals surface area contributed by atoms with Crippen LogP contribution in [-0.2, 0) is 0 Å². The molecule has 0 amide bonds. The zero-order valence-electron chi connectivity index (χ0n) is 9.06. The van der Waals surface area contributed by atoms with Gasteiger partial charge in [-0.05, 0) is 29.8 Å². The molecule has 83 valence electrons. The average Bonchev–Trinajstić information content (AvgIpc) is 2.74. The molecular formula is C15H10ClO. The second-order valence-corrected chi connectivity index (χ2v) is 4.32. The Hall–Kier alpha value is -1.73. The van der Waals surface area contributed by atoms with Gasteiger partial charge in [-0.25, -0.2) is 0 Å². The van der Waals surface area contributed by atoms with Gasteiger partial charge in [0.15, 0.2) is 0 Å². The van der Waals surface area contributed by atoms with Crippen molar-refractivity contribution in [1.82, 2.24) is 0 Å². The van der Waals surface area contributed by atoms with Crippen LogP contribution in [0.1, 0.15) is 11.3 Å². The van der Waals surface area contributed by atoms with E-state index in [-0.39, 0.29) is 0 Å². The summed E-state index contributed by atoms with van der Waals surface area (Å²) in [4.78, 5) is 0. The number of halogens is 1. The average molecular weight is 242 g/mol. The van der Waals surface area contributed by atoms with Crippen molar-refractivity contribution in [2.24, 2.45) is 0 Å². The second kappa shape index (κ2) is 4.27. The van der Waals surface area contributed by atoms with Crippen molar-refractivity contribution in [2.75, 3.05) is 0 Å². The predicted octanol–water partition coefficient (Wildman–Crippen LogP) is 4.69. The van der Waals surface area contributed by atoms with E-state index in [4.69, 9.17) is 16.0 Å². The molecule has 0 aliphatic carbocycles. The maximum absolute atomic E-state index is 5.84. The fraction of sp³-hybridized carbons (Fsp3) is 0. The third kappa shape index (κ3) is 2.20. The molecule has 0 aliphatic rings. The lowest BCUT2D eigenvalue weighted by Crippen LogP contribution is -1.80. The van der Waals surface area contributed by atoms with Crippen molar-refractivity contribution < 1.29 is 4.42 Å². The van der Waals surface area contributed by atoms with Crippen molar-refractivity contribution in [3.63, 3.8) is 0 Å². The van der Waals surface area contributed by atoms with Gasteiger partial charge in [-0.3, -0.25) is 0 Å². The molecule has 2 heteroatoms. The van der Waals surface area contributed by atoms with Crippen LogP contribution in [0, 0.1) is 6.42 Å². The number of rotatable bonds is 2. The number of furan rings is 1. The zero-order valence-corrected chi connectivity index (χ0v) is 9.82. The van der Waals surface area contributed by atoms with Crippen LogP contribution in [0.15, 0.2) is 59.0 Å². The first-order valence-corrected chi connectivity index (χ1v) is 5.78. The van der Waals surface area contributed by atoms with Gasteiger partial charge in [0.2, 0.25) is 0 Å². The summed E-state index contributed by atoms with van der Waals surface area (Å²) in [6.45, 7) is 0. The van der Waals surface area contributed by atoms with Crippen molar-refractivity contribution >= 4 is 22.6 Å². The molecule has 2 aromatic carbocycles. The van der Waals surface area contributed by atoms with Crippen LogP contribution in [0.5, 0.6) is 0 Å². The van der Waals surface area contributed by atoms with Gasteiger partial charge < -0.3 is 4.42 Å².